The van der Waals surface area contributed by atoms with E-state index >= 15 is 0 Å². The number of hydrogen-bond donors (Lipinski definition) is 0. The number of benzene rings is 1. The molecule has 1 aromatic rings. The summed E-state index contributed by atoms with van der Waals surface area (Å²) in [7, 11) is 0. The molecule has 0 bridgehead atoms. The number of carbonyl (C=O) groups excluding carboxylic acids is 17. The highest BCUT2D eigenvalue weighted by atomic mass is 16.5. The molecule has 3 amide bonds. The molecule has 3 saturated heterocycles. The topological polar surface area (TPSA) is 328 Å². The monoisotopic (exact) mass is 1630 g/mol. The van der Waals surface area contributed by atoms with Gasteiger partial charge in [-0.3, -0.25) is 81.5 Å². The van der Waals surface area contributed by atoms with Crippen molar-refractivity contribution in [3.05, 3.63) is 35.9 Å². The van der Waals surface area contributed by atoms with E-state index in [4.69, 9.17) is 14.2 Å². The fourth-order valence-electron chi connectivity index (χ4n) is 19.1. The molecule has 117 heavy (non-hydrogen) atoms. The van der Waals surface area contributed by atoms with Crippen LogP contribution in [-0.4, -0.2) is 170 Å². The zero-order valence-electron chi connectivity index (χ0n) is 73.6. The molecule has 650 valence electrons. The highest BCUT2D eigenvalue weighted by Crippen LogP contribution is 2.48. The van der Waals surface area contributed by atoms with Gasteiger partial charge in [0.1, 0.15) is 11.6 Å². The molecule has 0 spiro atoms. The van der Waals surface area contributed by atoms with E-state index in [2.05, 4.69) is 0 Å². The first-order valence-electron chi connectivity index (χ1n) is 44.3. The van der Waals surface area contributed by atoms with Gasteiger partial charge in [0.15, 0.2) is 34.7 Å². The van der Waals surface area contributed by atoms with Crippen molar-refractivity contribution in [2.24, 2.45) is 99.6 Å². The molecule has 23 heteroatoms. The maximum atomic E-state index is 14.1. The summed E-state index contributed by atoms with van der Waals surface area (Å²) in [6.07, 6.45) is 11.0. The molecule has 23 nitrogen and oxygen atoms in total. The lowest BCUT2D eigenvalue weighted by atomic mass is 9.77. The standard InChI is InChI=1S/C35H51NO6.C30H45NO7.C29H43NO7/c1-8-13-25(33(40)30(38)18-23(4)24-14-10-9-11-15-24)19-29(37)32-27-17-12-16-26(27)21-36(32)34(41)28(35(5,6)7)20-31(39)42-22(2)3;1-7-8-19(28(36)25(34)13-18-9-10-18)14-24(33)27-20-11-12-23(32)21(20)16-31(27)29(37)22(30(4,5)6)15-26(35)38-17(2)3;1-6-7-19(28(35)25(33)12-18-8-9-18)13-24(32)27-20-10-11-23(31)22(20)15-30(27)29(36)21(16(2)3)14-26(34)37-17(4)5/h9-11,14-15,22-23,25-28,32H,8,12-13,16-21H2,1-7H3;17-22,27H,7-16H2,1-6H3;16-22,27H,6-15H2,1-5H3/t23-,25?,26+,27+,28-,32+;19?,20-,21-,22+,27-;19?,20-,21-,22-,27-/m100/s1. The molecule has 8 fully saturated rings. The van der Waals surface area contributed by atoms with Gasteiger partial charge in [0, 0.05) is 101 Å². The predicted octanol–water partition coefficient (Wildman–Crippen LogP) is 14.2. The van der Waals surface area contributed by atoms with E-state index in [1.165, 1.54) is 9.80 Å². The lowest BCUT2D eigenvalue weighted by Gasteiger charge is -2.36. The maximum absolute atomic E-state index is 14.1. The van der Waals surface area contributed by atoms with E-state index in [9.17, 15) is 81.5 Å². The molecule has 1 aromatic carbocycles. The van der Waals surface area contributed by atoms with Crippen LogP contribution in [0.2, 0.25) is 0 Å². The number of amides is 3. The zero-order valence-corrected chi connectivity index (χ0v) is 73.6. The summed E-state index contributed by atoms with van der Waals surface area (Å²) in [5, 5.41) is 0. The van der Waals surface area contributed by atoms with Crippen molar-refractivity contribution in [3.63, 3.8) is 0 Å². The van der Waals surface area contributed by atoms with Crippen molar-refractivity contribution in [3.8, 4) is 0 Å². The van der Waals surface area contributed by atoms with Gasteiger partial charge < -0.3 is 28.9 Å². The molecule has 5 aliphatic carbocycles. The van der Waals surface area contributed by atoms with Crippen molar-refractivity contribution in [2.75, 3.05) is 19.6 Å². The number of likely N-dealkylation sites (tertiary alicyclic amines) is 3. The van der Waals surface area contributed by atoms with Gasteiger partial charge in [0.05, 0.1) is 73.5 Å². The Morgan fingerprint density at radius 1 is 0.410 bits per heavy atom. The number of rotatable bonds is 41. The number of carbonyl (C=O) groups is 17. The van der Waals surface area contributed by atoms with Gasteiger partial charge in [-0.2, -0.15) is 0 Å². The quantitative estimate of drug-likeness (QED) is 0.0334. The van der Waals surface area contributed by atoms with Gasteiger partial charge in [0.25, 0.3) is 0 Å². The van der Waals surface area contributed by atoms with Gasteiger partial charge in [-0.15, -0.1) is 0 Å². The SMILES string of the molecule is CCCC(CC(=O)[C@@H]1[C@H]2CCC(=O)[C@H]2CN1C(=O)[C@@H](CC(=O)OC(C)C)C(C)(C)C)C(=O)C(=O)CC1CC1.CCCC(CC(=O)[C@@H]1[C@H]2CCC(=O)[C@H]2CN1C(=O)[C@@H](CC(=O)OC(C)C)C(C)C)C(=O)C(=O)CC1CC1.CCCC(CC(=O)[C@@H]1[C@H]2CCC[C@H]2CN1C(=O)[C@@H](CC(=O)OC(C)C)C(C)(C)C)C(=O)C(=O)C[C@@H](C)c1ccccc1. The van der Waals surface area contributed by atoms with Crippen LogP contribution in [-0.2, 0) is 95.7 Å². The molecule has 3 unspecified atom stereocenters. The van der Waals surface area contributed by atoms with Crippen LogP contribution in [0.1, 0.15) is 303 Å². The Labute approximate surface area is 695 Å². The minimum Gasteiger partial charge on any atom is -0.463 e. The molecule has 3 aliphatic heterocycles. The lowest BCUT2D eigenvalue weighted by Crippen LogP contribution is -2.49. The Morgan fingerprint density at radius 2 is 0.769 bits per heavy atom. The van der Waals surface area contributed by atoms with Gasteiger partial charge in [-0.05, 0) is 176 Å². The number of ether oxygens (including phenoxy) is 3. The first kappa shape index (κ1) is 96.5. The molecule has 0 N–H and O–H groups in total. The van der Waals surface area contributed by atoms with Crippen LogP contribution >= 0.6 is 0 Å². The fourth-order valence-corrected chi connectivity index (χ4v) is 19.1. The van der Waals surface area contributed by atoms with Crippen molar-refractivity contribution < 1.29 is 95.7 Å². The van der Waals surface area contributed by atoms with Crippen LogP contribution in [0.3, 0.4) is 0 Å². The van der Waals surface area contributed by atoms with E-state index in [0.29, 0.717) is 70.8 Å². The summed E-state index contributed by atoms with van der Waals surface area (Å²) in [5.74, 6) is -10.3. The summed E-state index contributed by atoms with van der Waals surface area (Å²) in [6, 6.07) is 7.39. The highest BCUT2D eigenvalue weighted by molar-refractivity contribution is 6.39. The minimum absolute atomic E-state index is 0.0363. The molecule has 5 saturated carbocycles. The molecule has 16 atom stereocenters. The molecule has 3 heterocycles. The number of fused-ring (bicyclic) bond motifs is 3. The van der Waals surface area contributed by atoms with Crippen LogP contribution < -0.4 is 0 Å². The Balaban J connectivity index is 0.000000243. The number of hydrogen-bond acceptors (Lipinski definition) is 20. The van der Waals surface area contributed by atoms with E-state index < -0.39 is 129 Å². The van der Waals surface area contributed by atoms with Crippen LogP contribution in [0.5, 0.6) is 0 Å². The molecule has 8 aliphatic rings. The largest absolute Gasteiger partial charge is 0.463 e. The van der Waals surface area contributed by atoms with Crippen LogP contribution in [0, 0.1) is 99.6 Å². The zero-order chi connectivity index (χ0) is 87.0. The van der Waals surface area contributed by atoms with Gasteiger partial charge in [-0.25, -0.2) is 0 Å². The molecular weight excluding hydrogens is 1490 g/mol. The van der Waals surface area contributed by atoms with Crippen molar-refractivity contribution in [2.45, 2.75) is 334 Å². The third kappa shape index (κ3) is 26.5. The summed E-state index contributed by atoms with van der Waals surface area (Å²) < 4.78 is 16.0. The predicted molar refractivity (Wildman–Crippen MR) is 440 cm³/mol. The fraction of sp³-hybridized carbons (Fsp3) is 0.755. The first-order valence-corrected chi connectivity index (χ1v) is 44.3. The van der Waals surface area contributed by atoms with E-state index in [-0.39, 0.29) is 183 Å². The first-order chi connectivity index (χ1) is 54.9. The van der Waals surface area contributed by atoms with Crippen LogP contribution in [0.25, 0.3) is 0 Å². The number of nitrogens with zero attached hydrogens (tertiary/aromatic N) is 3. The average Bonchev–Trinajstić information content (AvgIpc) is 1.62. The highest BCUT2D eigenvalue weighted by Gasteiger charge is 2.58. The van der Waals surface area contributed by atoms with E-state index in [1.807, 2.05) is 113 Å². The summed E-state index contributed by atoms with van der Waals surface area (Å²) in [4.78, 5) is 229. The second kappa shape index (κ2) is 43.1. The Bertz CT molecular complexity index is 3760. The molecule has 9 rings (SSSR count). The second-order valence-electron chi connectivity index (χ2n) is 38.8. The summed E-state index contributed by atoms with van der Waals surface area (Å²) >= 11 is 0. The smallest absolute Gasteiger partial charge is 0.306 e. The minimum atomic E-state index is -0.824. The third-order valence-corrected chi connectivity index (χ3v) is 25.7. The van der Waals surface area contributed by atoms with Gasteiger partial charge in [0.2, 0.25) is 35.1 Å². The number of ketones is 11. The normalized spacial score (nSPS) is 23.9. The average molecular weight is 1630 g/mol. The molecule has 0 radical (unpaired) electrons. The van der Waals surface area contributed by atoms with E-state index in [1.54, 1.807) is 46.4 Å². The van der Waals surface area contributed by atoms with Gasteiger partial charge >= 0.3 is 17.9 Å². The molecular formula is C94H139N3O20. The Hall–Kier alpha value is -7.59. The second-order valence-corrected chi connectivity index (χ2v) is 38.8. The summed E-state index contributed by atoms with van der Waals surface area (Å²) in [6.45, 7) is 34.2. The maximum Gasteiger partial charge on any atom is 0.306 e. The third-order valence-electron chi connectivity index (χ3n) is 25.7. The summed E-state index contributed by atoms with van der Waals surface area (Å²) in [5.41, 5.74) is -0.0981. The Morgan fingerprint density at radius 3 is 1.13 bits per heavy atom. The van der Waals surface area contributed by atoms with Crippen molar-refractivity contribution >= 4 is 99.2 Å². The van der Waals surface area contributed by atoms with Gasteiger partial charge in [-0.1, -0.05) is 139 Å². The van der Waals surface area contributed by atoms with Crippen LogP contribution in [0.4, 0.5) is 0 Å². The molecule has 0 aromatic heterocycles. The van der Waals surface area contributed by atoms with Crippen LogP contribution in [0.15, 0.2) is 30.3 Å². The Kier molecular flexibility index (Phi) is 35.5. The van der Waals surface area contributed by atoms with Crippen molar-refractivity contribution in [1.29, 1.82) is 0 Å². The van der Waals surface area contributed by atoms with Crippen molar-refractivity contribution in [1.82, 2.24) is 14.7 Å². The number of Topliss-reactive ketones (excluding diaryl/α,β-unsaturated/α-hetero) is 11. The number of esters is 3. The lowest BCUT2D eigenvalue weighted by molar-refractivity contribution is -0.156. The van der Waals surface area contributed by atoms with E-state index in [0.717, 1.165) is 50.5 Å².